The van der Waals surface area contributed by atoms with Crippen LogP contribution in [0.1, 0.15) is 77.0 Å². The van der Waals surface area contributed by atoms with Gasteiger partial charge < -0.3 is 34.6 Å². The van der Waals surface area contributed by atoms with Crippen molar-refractivity contribution in [3.63, 3.8) is 0 Å². The third-order valence-electron chi connectivity index (χ3n) is 7.98. The Morgan fingerprint density at radius 1 is 1.28 bits per heavy atom. The van der Waals surface area contributed by atoms with Gasteiger partial charge in [-0.25, -0.2) is 14.6 Å². The first-order valence-electron chi connectivity index (χ1n) is 14.8. The Hall–Kier alpha value is -3.86. The van der Waals surface area contributed by atoms with Crippen LogP contribution in [0.4, 0.5) is 4.79 Å². The number of methoxy groups -OCH3 is 1. The molecule has 1 fully saturated rings. The average molecular weight is 598 g/mol. The summed E-state index contributed by atoms with van der Waals surface area (Å²) in [5, 5.41) is 23.9. The topological polar surface area (TPSA) is 148 Å². The van der Waals surface area contributed by atoms with Crippen molar-refractivity contribution in [3.05, 3.63) is 42.1 Å². The third-order valence-corrected chi connectivity index (χ3v) is 7.98. The lowest BCUT2D eigenvalue weighted by atomic mass is 9.87. The number of hydrogen-bond acceptors (Lipinski definition) is 8. The number of aliphatic hydroxyl groups is 1. The minimum absolute atomic E-state index is 0.0201. The van der Waals surface area contributed by atoms with Crippen molar-refractivity contribution in [2.45, 2.75) is 102 Å². The molecule has 11 nitrogen and oxygen atoms in total. The van der Waals surface area contributed by atoms with Crippen LogP contribution in [0.5, 0.6) is 11.5 Å². The van der Waals surface area contributed by atoms with Crippen molar-refractivity contribution in [3.8, 4) is 11.5 Å². The van der Waals surface area contributed by atoms with E-state index in [2.05, 4.69) is 16.9 Å². The van der Waals surface area contributed by atoms with Crippen LogP contribution in [0.2, 0.25) is 0 Å². The number of nitrogens with zero attached hydrogens (tertiary/aromatic N) is 2. The smallest absolute Gasteiger partial charge is 0.408 e. The Bertz CT molecular complexity index is 1370. The Morgan fingerprint density at radius 3 is 2.70 bits per heavy atom. The molecule has 0 radical (unpaired) electrons. The number of carbonyl (C=O) groups excluding carboxylic acids is 2. The first-order valence-corrected chi connectivity index (χ1v) is 14.8. The molecule has 11 heteroatoms. The molecule has 43 heavy (non-hydrogen) atoms. The van der Waals surface area contributed by atoms with E-state index in [9.17, 15) is 24.6 Å². The van der Waals surface area contributed by atoms with E-state index in [-0.39, 0.29) is 19.6 Å². The second kappa shape index (κ2) is 13.2. The Morgan fingerprint density at radius 2 is 2.05 bits per heavy atom. The lowest BCUT2D eigenvalue weighted by Crippen LogP contribution is -2.53. The van der Waals surface area contributed by atoms with Crippen molar-refractivity contribution >= 4 is 28.9 Å². The maximum absolute atomic E-state index is 14.0. The predicted molar refractivity (Wildman–Crippen MR) is 160 cm³/mol. The average Bonchev–Trinajstić information content (AvgIpc) is 3.33. The molecular formula is C32H43N3O8. The van der Waals surface area contributed by atoms with Gasteiger partial charge in [0.15, 0.2) is 0 Å². The van der Waals surface area contributed by atoms with Gasteiger partial charge in [0.25, 0.3) is 0 Å². The number of allylic oxidation sites excluding steroid dienone is 1. The van der Waals surface area contributed by atoms with E-state index in [1.807, 2.05) is 18.2 Å². The highest BCUT2D eigenvalue weighted by molar-refractivity contribution is 5.90. The van der Waals surface area contributed by atoms with Gasteiger partial charge in [0, 0.05) is 17.4 Å². The van der Waals surface area contributed by atoms with Crippen LogP contribution in [0, 0.1) is 0 Å². The van der Waals surface area contributed by atoms with Crippen LogP contribution in [0.15, 0.2) is 30.9 Å². The highest BCUT2D eigenvalue weighted by Crippen LogP contribution is 2.45. The number of aliphatic carboxylic acids is 1. The normalized spacial score (nSPS) is 20.3. The van der Waals surface area contributed by atoms with Crippen LogP contribution in [-0.4, -0.2) is 75.0 Å². The van der Waals surface area contributed by atoms with Crippen molar-refractivity contribution in [2.75, 3.05) is 13.7 Å². The van der Waals surface area contributed by atoms with Crippen LogP contribution in [-0.2, 0) is 27.4 Å². The summed E-state index contributed by atoms with van der Waals surface area (Å²) in [6, 6.07) is 3.38. The number of pyridine rings is 1. The number of carboxylic acid groups (broad SMARTS) is 1. The van der Waals surface area contributed by atoms with E-state index >= 15 is 0 Å². The Balaban J connectivity index is 1.61. The SMILES string of the molecule is C=CCCCCC[C@H](NC(=O)OC(C)(C)C)C(=O)N1CC2(CCc3c(c(CO)nc4ccc(OC)cc34)O2)C[C@H]1C(=O)O. The van der Waals surface area contributed by atoms with Gasteiger partial charge in [-0.15, -0.1) is 6.58 Å². The highest BCUT2D eigenvalue weighted by Gasteiger charge is 2.53. The fourth-order valence-corrected chi connectivity index (χ4v) is 5.95. The number of ether oxygens (including phenoxy) is 3. The number of aliphatic hydroxyl groups excluding tert-OH is 1. The number of nitrogens with one attached hydrogen (secondary N) is 1. The summed E-state index contributed by atoms with van der Waals surface area (Å²) in [4.78, 5) is 45.1. The molecule has 234 valence electrons. The van der Waals surface area contributed by atoms with E-state index in [0.29, 0.717) is 48.4 Å². The maximum Gasteiger partial charge on any atom is 0.408 e. The fourth-order valence-electron chi connectivity index (χ4n) is 5.95. The van der Waals surface area contributed by atoms with E-state index in [1.54, 1.807) is 33.9 Å². The number of benzene rings is 1. The molecule has 0 saturated carbocycles. The number of aromatic nitrogens is 1. The summed E-state index contributed by atoms with van der Waals surface area (Å²) < 4.78 is 17.4. The molecular weight excluding hydrogens is 554 g/mol. The quantitative estimate of drug-likeness (QED) is 0.251. The zero-order valence-corrected chi connectivity index (χ0v) is 25.5. The lowest BCUT2D eigenvalue weighted by Gasteiger charge is -2.37. The fraction of sp³-hybridized carbons (Fsp3) is 0.562. The van der Waals surface area contributed by atoms with Crippen LogP contribution >= 0.6 is 0 Å². The summed E-state index contributed by atoms with van der Waals surface area (Å²) in [6.07, 6.45) is 5.72. The second-order valence-corrected chi connectivity index (χ2v) is 12.3. The van der Waals surface area contributed by atoms with E-state index in [4.69, 9.17) is 14.2 Å². The van der Waals surface area contributed by atoms with Crippen molar-refractivity contribution in [2.24, 2.45) is 0 Å². The zero-order valence-electron chi connectivity index (χ0n) is 25.5. The molecule has 1 aromatic carbocycles. The number of rotatable bonds is 11. The molecule has 3 atom stereocenters. The van der Waals surface area contributed by atoms with Gasteiger partial charge in [0.1, 0.15) is 40.5 Å². The Labute approximate surface area is 252 Å². The van der Waals surface area contributed by atoms with Gasteiger partial charge in [-0.1, -0.05) is 18.9 Å². The van der Waals surface area contributed by atoms with E-state index in [1.165, 1.54) is 4.90 Å². The van der Waals surface area contributed by atoms with Crippen molar-refractivity contribution < 1.29 is 38.8 Å². The number of aryl methyl sites for hydroxylation is 1. The summed E-state index contributed by atoms with van der Waals surface area (Å²) >= 11 is 0. The number of carbonyl (C=O) groups is 3. The molecule has 1 spiro atoms. The highest BCUT2D eigenvalue weighted by atomic mass is 16.6. The summed E-state index contributed by atoms with van der Waals surface area (Å²) in [7, 11) is 1.58. The number of fused-ring (bicyclic) bond motifs is 3. The lowest BCUT2D eigenvalue weighted by molar-refractivity contribution is -0.149. The third kappa shape index (κ3) is 7.38. The first-order chi connectivity index (χ1) is 20.4. The molecule has 2 amide bonds. The zero-order chi connectivity index (χ0) is 31.4. The summed E-state index contributed by atoms with van der Waals surface area (Å²) in [5.41, 5.74) is 0.147. The molecule has 0 aliphatic carbocycles. The molecule has 4 rings (SSSR count). The number of hydrogen-bond donors (Lipinski definition) is 3. The molecule has 0 bridgehead atoms. The molecule has 2 aliphatic rings. The van der Waals surface area contributed by atoms with Gasteiger partial charge >= 0.3 is 12.1 Å². The largest absolute Gasteiger partial charge is 0.497 e. The molecule has 3 heterocycles. The number of carboxylic acids is 1. The maximum atomic E-state index is 14.0. The number of unbranched alkanes of at least 4 members (excludes halogenated alkanes) is 3. The molecule has 1 aromatic heterocycles. The van der Waals surface area contributed by atoms with Crippen LogP contribution in [0.25, 0.3) is 10.9 Å². The first kappa shape index (κ1) is 32.1. The molecule has 1 unspecified atom stereocenters. The molecule has 1 saturated heterocycles. The predicted octanol–water partition coefficient (Wildman–Crippen LogP) is 4.51. The van der Waals surface area contributed by atoms with Crippen LogP contribution < -0.4 is 14.8 Å². The molecule has 2 aromatic rings. The number of likely N-dealkylation sites (tertiary alicyclic amines) is 1. The van der Waals surface area contributed by atoms with Gasteiger partial charge in [-0.05, 0) is 71.1 Å². The number of amides is 2. The number of alkyl carbamates (subject to hydrolysis) is 1. The summed E-state index contributed by atoms with van der Waals surface area (Å²) in [6.45, 7) is 8.59. The molecule has 3 N–H and O–H groups in total. The van der Waals surface area contributed by atoms with Crippen LogP contribution in [0.3, 0.4) is 0 Å². The minimum Gasteiger partial charge on any atom is -0.497 e. The van der Waals surface area contributed by atoms with E-state index in [0.717, 1.165) is 30.2 Å². The van der Waals surface area contributed by atoms with Gasteiger partial charge in [-0.2, -0.15) is 0 Å². The molecule has 2 aliphatic heterocycles. The van der Waals surface area contributed by atoms with Gasteiger partial charge in [0.05, 0.1) is 25.8 Å². The second-order valence-electron chi connectivity index (χ2n) is 12.3. The van der Waals surface area contributed by atoms with E-state index < -0.39 is 41.3 Å². The standard InChI is InChI=1S/C32H43N3O8/c1-6-7-8-9-10-11-24(34-30(40)43-31(2,3)4)28(37)35-19-32(17-26(35)29(38)39)15-14-21-22-16-20(41-5)12-13-23(22)33-25(18-36)27(21)42-32/h6,12-13,16,24,26,36H,1,7-11,14-15,17-19H2,2-5H3,(H,34,40)(H,38,39)/t24-,26-,32?/m0/s1. The van der Waals surface area contributed by atoms with Gasteiger partial charge in [-0.3, -0.25) is 4.79 Å². The van der Waals surface area contributed by atoms with Gasteiger partial charge in [0.2, 0.25) is 5.91 Å². The Kier molecular flexibility index (Phi) is 9.84. The van der Waals surface area contributed by atoms with Crippen molar-refractivity contribution in [1.82, 2.24) is 15.2 Å². The summed E-state index contributed by atoms with van der Waals surface area (Å²) in [5.74, 6) is -0.564. The van der Waals surface area contributed by atoms with Crippen molar-refractivity contribution in [1.29, 1.82) is 0 Å². The minimum atomic E-state index is -1.15. The monoisotopic (exact) mass is 597 g/mol.